The molecule has 1 unspecified atom stereocenters. The van der Waals surface area contributed by atoms with E-state index in [0.717, 1.165) is 16.5 Å². The maximum atomic E-state index is 12.5. The van der Waals surface area contributed by atoms with Crippen molar-refractivity contribution in [1.29, 1.82) is 0 Å². The Hall–Kier alpha value is -2.59. The lowest BCUT2D eigenvalue weighted by atomic mass is 9.91. The second-order valence-electron chi connectivity index (χ2n) is 5.77. The van der Waals surface area contributed by atoms with Crippen molar-refractivity contribution in [2.75, 3.05) is 0 Å². The van der Waals surface area contributed by atoms with E-state index in [1.165, 1.54) is 0 Å². The quantitative estimate of drug-likeness (QED) is 0.668. The Kier molecular flexibility index (Phi) is 4.40. The number of fused-ring (bicyclic) bond motifs is 1. The second kappa shape index (κ2) is 6.49. The molecule has 0 spiro atoms. The van der Waals surface area contributed by atoms with Gasteiger partial charge in [-0.1, -0.05) is 29.8 Å². The molecule has 0 radical (unpaired) electrons. The molecule has 0 fully saturated rings. The summed E-state index contributed by atoms with van der Waals surface area (Å²) in [5, 5.41) is 11.0. The molecule has 0 aliphatic carbocycles. The number of aromatic amines is 1. The molecule has 0 bridgehead atoms. The first-order chi connectivity index (χ1) is 11.5. The summed E-state index contributed by atoms with van der Waals surface area (Å²) in [6.07, 6.45) is 1.57. The highest BCUT2D eigenvalue weighted by Gasteiger charge is 2.26. The number of carbonyl (C=O) groups excluding carboxylic acids is 1. The summed E-state index contributed by atoms with van der Waals surface area (Å²) in [5.74, 6) is -2.13. The number of aromatic nitrogens is 1. The van der Waals surface area contributed by atoms with Gasteiger partial charge in [0.15, 0.2) is 5.78 Å². The maximum Gasteiger partial charge on any atom is 0.311 e. The normalized spacial score (nSPS) is 12.2. The largest absolute Gasteiger partial charge is 0.481 e. The van der Waals surface area contributed by atoms with E-state index in [1.807, 2.05) is 31.2 Å². The SMILES string of the molecule is Cc1cc(C(=O)CC(C(=O)O)c2c[nH]c3ccccc23)ccc1Cl. The van der Waals surface area contributed by atoms with Gasteiger partial charge in [0, 0.05) is 34.1 Å². The number of ketones is 1. The summed E-state index contributed by atoms with van der Waals surface area (Å²) in [6.45, 7) is 1.81. The summed E-state index contributed by atoms with van der Waals surface area (Å²) in [7, 11) is 0. The zero-order valence-electron chi connectivity index (χ0n) is 13.0. The van der Waals surface area contributed by atoms with Gasteiger partial charge in [0.25, 0.3) is 0 Å². The zero-order valence-corrected chi connectivity index (χ0v) is 13.8. The molecule has 2 aromatic carbocycles. The second-order valence-corrected chi connectivity index (χ2v) is 6.18. The average molecular weight is 342 g/mol. The van der Waals surface area contributed by atoms with Crippen molar-refractivity contribution < 1.29 is 14.7 Å². The van der Waals surface area contributed by atoms with Gasteiger partial charge >= 0.3 is 5.97 Å². The van der Waals surface area contributed by atoms with Crippen LogP contribution in [0.15, 0.2) is 48.7 Å². The number of rotatable bonds is 5. The molecule has 5 heteroatoms. The molecule has 0 saturated carbocycles. The van der Waals surface area contributed by atoms with Crippen LogP contribution in [0.3, 0.4) is 0 Å². The van der Waals surface area contributed by atoms with Crippen molar-refractivity contribution in [3.8, 4) is 0 Å². The fourth-order valence-corrected chi connectivity index (χ4v) is 2.95. The molecule has 2 N–H and O–H groups in total. The standard InChI is InChI=1S/C19H16ClNO3/c1-11-8-12(6-7-16(11)20)18(22)9-14(19(23)24)15-10-21-17-5-3-2-4-13(15)17/h2-8,10,14,21H,9H2,1H3,(H,23,24). The van der Waals surface area contributed by atoms with E-state index in [4.69, 9.17) is 11.6 Å². The third-order valence-corrected chi connectivity index (χ3v) is 4.59. The number of aryl methyl sites for hydroxylation is 1. The van der Waals surface area contributed by atoms with Crippen LogP contribution in [0, 0.1) is 6.92 Å². The van der Waals surface area contributed by atoms with Crippen molar-refractivity contribution in [3.63, 3.8) is 0 Å². The number of carboxylic acids is 1. The van der Waals surface area contributed by atoms with E-state index in [-0.39, 0.29) is 12.2 Å². The number of carboxylic acid groups (broad SMARTS) is 1. The predicted molar refractivity (Wildman–Crippen MR) is 93.8 cm³/mol. The maximum absolute atomic E-state index is 12.5. The van der Waals surface area contributed by atoms with Crippen molar-refractivity contribution in [2.45, 2.75) is 19.3 Å². The third-order valence-electron chi connectivity index (χ3n) is 4.16. The molecule has 3 aromatic rings. The van der Waals surface area contributed by atoms with Crippen LogP contribution in [0.4, 0.5) is 0 Å². The van der Waals surface area contributed by atoms with Crippen LogP contribution in [0.5, 0.6) is 0 Å². The summed E-state index contributed by atoms with van der Waals surface area (Å²) in [5.41, 5.74) is 2.75. The highest BCUT2D eigenvalue weighted by Crippen LogP contribution is 2.29. The van der Waals surface area contributed by atoms with Gasteiger partial charge in [-0.25, -0.2) is 0 Å². The Morgan fingerprint density at radius 2 is 1.96 bits per heavy atom. The zero-order chi connectivity index (χ0) is 17.3. The van der Waals surface area contributed by atoms with Gasteiger partial charge in [-0.15, -0.1) is 0 Å². The van der Waals surface area contributed by atoms with E-state index in [9.17, 15) is 14.7 Å². The minimum absolute atomic E-state index is 0.0990. The van der Waals surface area contributed by atoms with E-state index in [1.54, 1.807) is 24.4 Å². The van der Waals surface area contributed by atoms with Crippen molar-refractivity contribution in [2.24, 2.45) is 0 Å². The number of hydrogen-bond acceptors (Lipinski definition) is 2. The molecular weight excluding hydrogens is 326 g/mol. The monoisotopic (exact) mass is 341 g/mol. The van der Waals surface area contributed by atoms with Crippen LogP contribution in [0.2, 0.25) is 5.02 Å². The van der Waals surface area contributed by atoms with Gasteiger partial charge in [-0.05, 0) is 42.3 Å². The van der Waals surface area contributed by atoms with E-state index in [0.29, 0.717) is 16.1 Å². The van der Waals surface area contributed by atoms with Gasteiger partial charge < -0.3 is 10.1 Å². The summed E-state index contributed by atoms with van der Waals surface area (Å²) < 4.78 is 0. The van der Waals surface area contributed by atoms with Crippen molar-refractivity contribution in [1.82, 2.24) is 4.98 Å². The first kappa shape index (κ1) is 16.3. The molecule has 4 nitrogen and oxygen atoms in total. The number of H-pyrrole nitrogens is 1. The molecule has 0 aliphatic heterocycles. The highest BCUT2D eigenvalue weighted by atomic mass is 35.5. The first-order valence-corrected chi connectivity index (χ1v) is 7.93. The van der Waals surface area contributed by atoms with Crippen LogP contribution < -0.4 is 0 Å². The first-order valence-electron chi connectivity index (χ1n) is 7.55. The van der Waals surface area contributed by atoms with Gasteiger partial charge in [0.05, 0.1) is 5.92 Å². The Bertz CT molecular complexity index is 929. The number of benzene rings is 2. The predicted octanol–water partition coefficient (Wildman–Crippen LogP) is 4.57. The number of carbonyl (C=O) groups is 2. The van der Waals surface area contributed by atoms with Crippen LogP contribution in [-0.2, 0) is 4.79 Å². The fraction of sp³-hybridized carbons (Fsp3) is 0.158. The molecule has 24 heavy (non-hydrogen) atoms. The lowest BCUT2D eigenvalue weighted by molar-refractivity contribution is -0.138. The topological polar surface area (TPSA) is 70.2 Å². The van der Waals surface area contributed by atoms with Crippen LogP contribution in [0.1, 0.15) is 33.8 Å². The number of Topliss-reactive ketones (excluding diaryl/α,β-unsaturated/α-hetero) is 1. The van der Waals surface area contributed by atoms with Gasteiger partial charge in [-0.2, -0.15) is 0 Å². The van der Waals surface area contributed by atoms with Crippen LogP contribution in [0.25, 0.3) is 10.9 Å². The molecule has 0 saturated heterocycles. The van der Waals surface area contributed by atoms with Gasteiger partial charge in [0.2, 0.25) is 0 Å². The number of nitrogens with one attached hydrogen (secondary N) is 1. The van der Waals surface area contributed by atoms with E-state index in [2.05, 4.69) is 4.98 Å². The summed E-state index contributed by atoms with van der Waals surface area (Å²) in [6, 6.07) is 12.4. The van der Waals surface area contributed by atoms with Crippen LogP contribution in [-0.4, -0.2) is 21.8 Å². The number of hydrogen-bond donors (Lipinski definition) is 2. The fourth-order valence-electron chi connectivity index (χ4n) is 2.83. The van der Waals surface area contributed by atoms with Gasteiger partial charge in [-0.3, -0.25) is 9.59 Å². The Morgan fingerprint density at radius 1 is 1.21 bits per heavy atom. The Morgan fingerprint density at radius 3 is 2.67 bits per heavy atom. The smallest absolute Gasteiger partial charge is 0.311 e. The summed E-state index contributed by atoms with van der Waals surface area (Å²) >= 11 is 5.98. The molecule has 3 rings (SSSR count). The molecule has 0 amide bonds. The Labute approximate surface area is 144 Å². The molecule has 0 aliphatic rings. The Balaban J connectivity index is 1.93. The third kappa shape index (κ3) is 3.05. The van der Waals surface area contributed by atoms with Crippen molar-refractivity contribution in [3.05, 3.63) is 70.4 Å². The molecule has 1 atom stereocenters. The minimum Gasteiger partial charge on any atom is -0.481 e. The lowest BCUT2D eigenvalue weighted by Crippen LogP contribution is -2.16. The average Bonchev–Trinajstić information content (AvgIpc) is 2.98. The van der Waals surface area contributed by atoms with Gasteiger partial charge in [0.1, 0.15) is 0 Å². The van der Waals surface area contributed by atoms with E-state index >= 15 is 0 Å². The summed E-state index contributed by atoms with van der Waals surface area (Å²) in [4.78, 5) is 27.3. The lowest BCUT2D eigenvalue weighted by Gasteiger charge is -2.11. The number of para-hydroxylation sites is 1. The number of halogens is 1. The molecule has 122 valence electrons. The molecular formula is C19H16ClNO3. The van der Waals surface area contributed by atoms with Crippen LogP contribution >= 0.6 is 11.6 Å². The minimum atomic E-state index is -1.02. The molecule has 1 heterocycles. The van der Waals surface area contributed by atoms with E-state index < -0.39 is 11.9 Å². The molecule has 1 aromatic heterocycles. The van der Waals surface area contributed by atoms with Crippen molar-refractivity contribution >= 4 is 34.3 Å². The number of aliphatic carboxylic acids is 1. The highest BCUT2D eigenvalue weighted by molar-refractivity contribution is 6.31.